The van der Waals surface area contributed by atoms with Crippen LogP contribution < -0.4 is 19.3 Å². The Morgan fingerprint density at radius 2 is 1.54 bits per heavy atom. The summed E-state index contributed by atoms with van der Waals surface area (Å²) < 4.78 is 71.3. The van der Waals surface area contributed by atoms with E-state index in [0.29, 0.717) is 53.1 Å². The smallest absolute Gasteiger partial charge is 0.417 e. The van der Waals surface area contributed by atoms with Gasteiger partial charge in [0.05, 0.1) is 83.1 Å². The molecular weight excluding hydrogens is 1040 g/mol. The quantitative estimate of drug-likeness (QED) is 0.0473. The van der Waals surface area contributed by atoms with Crippen molar-refractivity contribution in [3.8, 4) is 28.0 Å². The molecule has 3 aliphatic rings. The molecule has 2 fully saturated rings. The lowest BCUT2D eigenvalue weighted by Gasteiger charge is -2.35. The van der Waals surface area contributed by atoms with E-state index in [4.69, 9.17) is 23.7 Å². The largest absolute Gasteiger partial charge is 0.491 e. The maximum atomic E-state index is 14.7. The predicted molar refractivity (Wildman–Crippen MR) is 290 cm³/mol. The summed E-state index contributed by atoms with van der Waals surface area (Å²) in [6, 6.07) is 21.5. The van der Waals surface area contributed by atoms with Crippen molar-refractivity contribution in [2.45, 2.75) is 117 Å². The Morgan fingerprint density at radius 3 is 2.18 bits per heavy atom. The zero-order chi connectivity index (χ0) is 57.0. The Hall–Kier alpha value is -7.18. The number of benzene rings is 4. The van der Waals surface area contributed by atoms with Gasteiger partial charge in [-0.2, -0.15) is 18.4 Å². The molecule has 0 saturated carbocycles. The number of Topliss-reactive ketones (excluding diaryl/α,β-unsaturated/α-hetero) is 1. The number of imide groups is 1. The van der Waals surface area contributed by atoms with E-state index in [9.17, 15) is 42.4 Å². The number of fused-ring (bicyclic) bond motifs is 1. The molecule has 5 amide bonds. The average Bonchev–Trinajstić information content (AvgIpc) is 4.30. The van der Waals surface area contributed by atoms with Crippen LogP contribution in [0.5, 0.6) is 11.5 Å². The van der Waals surface area contributed by atoms with E-state index in [2.05, 4.69) is 4.98 Å². The van der Waals surface area contributed by atoms with Crippen molar-refractivity contribution in [1.82, 2.24) is 14.8 Å². The molecule has 4 heterocycles. The number of nitrogens with zero attached hydrogens (tertiary/aromatic N) is 6. The van der Waals surface area contributed by atoms with Gasteiger partial charge in [-0.3, -0.25) is 24.1 Å². The number of ether oxygens (including phenoxy) is 5. The Bertz CT molecular complexity index is 3110. The van der Waals surface area contributed by atoms with Gasteiger partial charge >= 0.3 is 12.2 Å². The van der Waals surface area contributed by atoms with E-state index in [1.807, 2.05) is 77.9 Å². The SMILES string of the molecule is Cc1ncsc1-c1ccc(CCC(=O)[C@@H]2C[C@@H](OC(C)(C)C)CN2C(=O)[C@H](C(C)C)N2Cc3ccccc3C2=O)c(OCCOCCOCCOc2ccc(N3C(=O)N(c4ccc(C#N)c(C(F)(F)F)c4)C(=O)C3(C)C)cc2)c1. The second-order valence-corrected chi connectivity index (χ2v) is 22.4. The topological polar surface area (TPSA) is 181 Å². The molecule has 0 spiro atoms. The molecular formula is C59H65F3N6O10S. The van der Waals surface area contributed by atoms with Crippen LogP contribution in [0.2, 0.25) is 0 Å². The molecule has 1 aromatic heterocycles. The van der Waals surface area contributed by atoms with Gasteiger partial charge in [0.15, 0.2) is 5.78 Å². The van der Waals surface area contributed by atoms with Gasteiger partial charge < -0.3 is 33.5 Å². The van der Waals surface area contributed by atoms with Crippen LogP contribution >= 0.6 is 11.3 Å². The van der Waals surface area contributed by atoms with Gasteiger partial charge in [-0.05, 0) is 125 Å². The zero-order valence-electron chi connectivity index (χ0n) is 45.6. The first-order chi connectivity index (χ1) is 37.5. The number of anilines is 2. The summed E-state index contributed by atoms with van der Waals surface area (Å²) in [6.07, 6.45) is -4.42. The van der Waals surface area contributed by atoms with Gasteiger partial charge in [-0.1, -0.05) is 44.2 Å². The lowest BCUT2D eigenvalue weighted by Crippen LogP contribution is -2.54. The van der Waals surface area contributed by atoms with Gasteiger partial charge in [-0.25, -0.2) is 14.7 Å². The second kappa shape index (κ2) is 24.0. The number of alkyl halides is 3. The summed E-state index contributed by atoms with van der Waals surface area (Å²) in [5, 5.41) is 9.20. The molecule has 20 heteroatoms. The number of nitriles is 1. The fraction of sp³-hybridized carbons (Fsp3) is 0.441. The van der Waals surface area contributed by atoms with Crippen molar-refractivity contribution in [2.75, 3.05) is 56.0 Å². The first-order valence-electron chi connectivity index (χ1n) is 26.2. The molecule has 0 radical (unpaired) electrons. The number of carbonyl (C=O) groups excluding carboxylic acids is 5. The minimum absolute atomic E-state index is 0.0997. The summed E-state index contributed by atoms with van der Waals surface area (Å²) in [5.41, 5.74) is 2.05. The molecule has 3 aliphatic heterocycles. The summed E-state index contributed by atoms with van der Waals surface area (Å²) >= 11 is 1.52. The predicted octanol–water partition coefficient (Wildman–Crippen LogP) is 10.2. The normalized spacial score (nSPS) is 17.7. The number of carbonyl (C=O) groups is 5. The van der Waals surface area contributed by atoms with Crippen molar-refractivity contribution in [2.24, 2.45) is 5.92 Å². The Balaban J connectivity index is 0.821. The molecule has 79 heavy (non-hydrogen) atoms. The summed E-state index contributed by atoms with van der Waals surface area (Å²) in [4.78, 5) is 80.5. The number of likely N-dealkylation sites (tertiary alicyclic amines) is 1. The molecule has 8 rings (SSSR count). The number of hydrogen-bond acceptors (Lipinski definition) is 13. The molecule has 2 saturated heterocycles. The number of aryl methyl sites for hydroxylation is 2. The molecule has 0 N–H and O–H groups in total. The maximum absolute atomic E-state index is 14.7. The Morgan fingerprint density at radius 1 is 0.873 bits per heavy atom. The third-order valence-electron chi connectivity index (χ3n) is 14.0. The highest BCUT2D eigenvalue weighted by Crippen LogP contribution is 2.41. The fourth-order valence-electron chi connectivity index (χ4n) is 10.3. The van der Waals surface area contributed by atoms with Crippen LogP contribution in [0.15, 0.2) is 90.4 Å². The van der Waals surface area contributed by atoms with Crippen molar-refractivity contribution < 1.29 is 60.8 Å². The number of amides is 5. The van der Waals surface area contributed by atoms with Gasteiger partial charge in [0, 0.05) is 37.2 Å². The lowest BCUT2D eigenvalue weighted by atomic mass is 9.97. The third-order valence-corrected chi connectivity index (χ3v) is 15.0. The Labute approximate surface area is 461 Å². The lowest BCUT2D eigenvalue weighted by molar-refractivity contribution is -0.143. The van der Waals surface area contributed by atoms with Crippen LogP contribution in [-0.4, -0.2) is 120 Å². The van der Waals surface area contributed by atoms with E-state index in [1.165, 1.54) is 36.2 Å². The number of hydrogen-bond donors (Lipinski definition) is 0. The number of urea groups is 1. The number of thiazole rings is 1. The van der Waals surface area contributed by atoms with Crippen molar-refractivity contribution in [3.63, 3.8) is 0 Å². The molecule has 3 atom stereocenters. The molecule has 5 aromatic rings. The van der Waals surface area contributed by atoms with E-state index < -0.39 is 52.5 Å². The van der Waals surface area contributed by atoms with Crippen LogP contribution in [0, 0.1) is 24.2 Å². The minimum atomic E-state index is -4.88. The van der Waals surface area contributed by atoms with Crippen LogP contribution in [0.4, 0.5) is 29.3 Å². The monoisotopic (exact) mass is 1110 g/mol. The standard InChI is InChI=1S/C59H65F3N6O10S/c1-36(2)51(66-33-41-11-9-10-12-46(41)53(66)70)54(71)65-34-45(78-57(4,5)6)31-48(65)49(69)22-16-38-13-14-39(52-37(3)64-35-79-52)29-50(38)77-28-26-75-24-23-74-25-27-76-44-20-18-42(19-21-44)68-56(73)67(55(72)58(68,7)8)43-17-15-40(32-63)47(30-43)59(60,61)62/h9-15,17-21,29-30,35-36,45,48,51H,16,22-28,31,33-34H2,1-8H3/t45-,48+,51+/m1/s1. The van der Waals surface area contributed by atoms with Gasteiger partial charge in [0.25, 0.3) is 11.8 Å². The third kappa shape index (κ3) is 13.0. The van der Waals surface area contributed by atoms with Gasteiger partial charge in [-0.15, -0.1) is 11.3 Å². The number of aromatic nitrogens is 1. The average molecular weight is 1110 g/mol. The highest BCUT2D eigenvalue weighted by molar-refractivity contribution is 7.13. The summed E-state index contributed by atoms with van der Waals surface area (Å²) in [6.45, 7) is 16.6. The number of halogens is 3. The van der Waals surface area contributed by atoms with E-state index >= 15 is 0 Å². The highest BCUT2D eigenvalue weighted by Gasteiger charge is 2.53. The number of rotatable bonds is 22. The van der Waals surface area contributed by atoms with Crippen molar-refractivity contribution >= 4 is 52.2 Å². The van der Waals surface area contributed by atoms with Crippen molar-refractivity contribution in [3.05, 3.63) is 124 Å². The first-order valence-corrected chi connectivity index (χ1v) is 27.1. The van der Waals surface area contributed by atoms with Crippen LogP contribution in [0.1, 0.15) is 99.6 Å². The maximum Gasteiger partial charge on any atom is 0.417 e. The van der Waals surface area contributed by atoms with E-state index in [1.54, 1.807) is 45.6 Å². The molecule has 16 nitrogen and oxygen atoms in total. The van der Waals surface area contributed by atoms with Gasteiger partial charge in [0.1, 0.15) is 36.3 Å². The molecule has 0 aliphatic carbocycles. The van der Waals surface area contributed by atoms with E-state index in [-0.39, 0.29) is 87.9 Å². The van der Waals surface area contributed by atoms with Crippen LogP contribution in [0.25, 0.3) is 10.4 Å². The summed E-state index contributed by atoms with van der Waals surface area (Å²) in [5.74, 6) is -0.455. The zero-order valence-corrected chi connectivity index (χ0v) is 46.4. The van der Waals surface area contributed by atoms with Crippen LogP contribution in [0.3, 0.4) is 0 Å². The van der Waals surface area contributed by atoms with Crippen LogP contribution in [-0.2, 0) is 47.7 Å². The minimum Gasteiger partial charge on any atom is -0.491 e. The summed E-state index contributed by atoms with van der Waals surface area (Å²) in [7, 11) is 0. The number of ketones is 1. The first kappa shape index (κ1) is 58.0. The highest BCUT2D eigenvalue weighted by atomic mass is 32.1. The second-order valence-electron chi connectivity index (χ2n) is 21.5. The molecule has 418 valence electrons. The van der Waals surface area contributed by atoms with E-state index in [0.717, 1.165) is 39.4 Å². The van der Waals surface area contributed by atoms with Crippen molar-refractivity contribution in [1.29, 1.82) is 5.26 Å². The fourth-order valence-corrected chi connectivity index (χ4v) is 11.1. The molecule has 0 bridgehead atoms. The molecule has 0 unspecified atom stereocenters. The molecule has 4 aromatic carbocycles. The Kier molecular flexibility index (Phi) is 17.6. The van der Waals surface area contributed by atoms with Gasteiger partial charge in [0.2, 0.25) is 5.91 Å².